The summed E-state index contributed by atoms with van der Waals surface area (Å²) in [6, 6.07) is 7.67. The van der Waals surface area contributed by atoms with Crippen molar-refractivity contribution in [3.63, 3.8) is 0 Å². The first kappa shape index (κ1) is 23.1. The third kappa shape index (κ3) is 4.81. The van der Waals surface area contributed by atoms with Crippen LogP contribution in [0.2, 0.25) is 0 Å². The Morgan fingerprint density at radius 3 is 2.76 bits per heavy atom. The Kier molecular flexibility index (Phi) is 6.57. The number of benzene rings is 1. The molecule has 3 heterocycles. The lowest BCUT2D eigenvalue weighted by atomic mass is 10.0. The van der Waals surface area contributed by atoms with E-state index < -0.39 is 12.5 Å². The Morgan fingerprint density at radius 2 is 2.03 bits per heavy atom. The molecule has 1 aliphatic rings. The van der Waals surface area contributed by atoms with Gasteiger partial charge in [0.05, 0.1) is 30.5 Å². The Hall–Kier alpha value is -3.11. The van der Waals surface area contributed by atoms with E-state index in [-0.39, 0.29) is 17.2 Å². The second kappa shape index (κ2) is 9.40. The number of anilines is 2. The van der Waals surface area contributed by atoms with Gasteiger partial charge in [-0.15, -0.1) is 5.10 Å². The lowest BCUT2D eigenvalue weighted by Gasteiger charge is -2.28. The van der Waals surface area contributed by atoms with Crippen LogP contribution in [0.4, 0.5) is 20.3 Å². The second-order valence-electron chi connectivity index (χ2n) is 8.13. The number of alkyl halides is 2. The van der Waals surface area contributed by atoms with Gasteiger partial charge in [-0.25, -0.2) is 0 Å². The first-order chi connectivity index (χ1) is 15.8. The van der Waals surface area contributed by atoms with Crippen molar-refractivity contribution in [1.82, 2.24) is 15.2 Å². The number of hydrogen-bond acceptors (Lipinski definition) is 7. The van der Waals surface area contributed by atoms with Crippen LogP contribution in [0.25, 0.3) is 10.9 Å². The zero-order chi connectivity index (χ0) is 23.6. The molecular weight excluding hydrogens is 432 g/mol. The van der Waals surface area contributed by atoms with Crippen LogP contribution in [0.5, 0.6) is 0 Å². The number of H-pyrrole nitrogens is 1. The summed E-state index contributed by atoms with van der Waals surface area (Å²) in [6.07, 6.45) is 0. The molecule has 1 saturated heterocycles. The molecule has 176 valence electrons. The molecule has 33 heavy (non-hydrogen) atoms. The van der Waals surface area contributed by atoms with Gasteiger partial charge in [-0.05, 0) is 31.5 Å². The number of rotatable bonds is 7. The van der Waals surface area contributed by atoms with Crippen LogP contribution in [-0.2, 0) is 15.4 Å². The number of ether oxygens (including phenoxy) is 2. The number of fused-ring (bicyclic) bond motifs is 1. The van der Waals surface area contributed by atoms with E-state index in [0.29, 0.717) is 60.0 Å². The summed E-state index contributed by atoms with van der Waals surface area (Å²) in [6.45, 7) is 5.28. The number of methoxy groups -OCH3 is 1. The molecule has 0 bridgehead atoms. The third-order valence-corrected chi connectivity index (χ3v) is 5.78. The van der Waals surface area contributed by atoms with Crippen molar-refractivity contribution in [1.29, 1.82) is 0 Å². The SMILES string of the molecule is COCC(F)(F)c1cccc([C@@H](C)Nc2nnc(C)c3[nH]c(=O)c(N4CCOCC4)cc23)c1. The maximum atomic E-state index is 14.3. The molecule has 3 aromatic rings. The molecule has 0 saturated carbocycles. The Balaban J connectivity index is 1.68. The van der Waals surface area contributed by atoms with Gasteiger partial charge in [-0.2, -0.15) is 13.9 Å². The largest absolute Gasteiger partial charge is 0.378 e. The highest BCUT2D eigenvalue weighted by atomic mass is 19.3. The molecule has 8 nitrogen and oxygen atoms in total. The van der Waals surface area contributed by atoms with Gasteiger partial charge in [0, 0.05) is 31.1 Å². The average molecular weight is 459 g/mol. The third-order valence-electron chi connectivity index (χ3n) is 5.78. The molecule has 0 aliphatic carbocycles. The lowest BCUT2D eigenvalue weighted by molar-refractivity contribution is -0.0698. The molecule has 10 heteroatoms. The van der Waals surface area contributed by atoms with Crippen molar-refractivity contribution in [2.24, 2.45) is 0 Å². The van der Waals surface area contributed by atoms with Crippen LogP contribution >= 0.6 is 0 Å². The Labute approximate surface area is 189 Å². The van der Waals surface area contributed by atoms with Crippen molar-refractivity contribution in [2.45, 2.75) is 25.8 Å². The van der Waals surface area contributed by atoms with Crippen LogP contribution in [0, 0.1) is 6.92 Å². The molecule has 4 rings (SSSR count). The highest BCUT2D eigenvalue weighted by molar-refractivity contribution is 5.92. The molecule has 1 fully saturated rings. The molecule has 2 aromatic heterocycles. The number of aryl methyl sites for hydroxylation is 1. The lowest BCUT2D eigenvalue weighted by Crippen LogP contribution is -2.39. The molecule has 2 N–H and O–H groups in total. The second-order valence-corrected chi connectivity index (χ2v) is 8.13. The number of nitrogens with zero attached hydrogens (tertiary/aromatic N) is 3. The normalized spacial score (nSPS) is 15.6. The standard InChI is InChI=1S/C23H27F2N5O3/c1-14(16-5-4-6-17(11-16)23(24,25)13-32-3)26-21-18-12-19(30-7-9-33-10-8-30)22(31)27-20(18)15(2)28-29-21/h4-6,11-12,14H,7-10,13H2,1-3H3,(H,26,29)(H,27,31)/t14-/m1/s1. The molecular formula is C23H27F2N5O3. The molecule has 0 amide bonds. The predicted octanol–water partition coefficient (Wildman–Crippen LogP) is 3.37. The maximum absolute atomic E-state index is 14.3. The van der Waals surface area contributed by atoms with E-state index in [1.807, 2.05) is 11.8 Å². The molecule has 1 aromatic carbocycles. The predicted molar refractivity (Wildman–Crippen MR) is 122 cm³/mol. The molecule has 0 radical (unpaired) electrons. The van der Waals surface area contributed by atoms with E-state index in [9.17, 15) is 13.6 Å². The fourth-order valence-electron chi connectivity index (χ4n) is 3.95. The Bertz CT molecular complexity index is 1190. The summed E-state index contributed by atoms with van der Waals surface area (Å²) in [5.41, 5.74) is 2.06. The number of morpholine rings is 1. The van der Waals surface area contributed by atoms with Crippen LogP contribution in [-0.4, -0.2) is 55.2 Å². The molecule has 1 atom stereocenters. The van der Waals surface area contributed by atoms with Crippen molar-refractivity contribution >= 4 is 22.4 Å². The van der Waals surface area contributed by atoms with Crippen molar-refractivity contribution in [2.75, 3.05) is 50.2 Å². The van der Waals surface area contributed by atoms with E-state index in [2.05, 4.69) is 25.2 Å². The van der Waals surface area contributed by atoms with Gasteiger partial charge in [0.2, 0.25) is 0 Å². The van der Waals surface area contributed by atoms with Gasteiger partial charge in [-0.1, -0.05) is 18.2 Å². The zero-order valence-corrected chi connectivity index (χ0v) is 18.8. The van der Waals surface area contributed by atoms with Gasteiger partial charge >= 0.3 is 0 Å². The minimum absolute atomic E-state index is 0.116. The highest BCUT2D eigenvalue weighted by Crippen LogP contribution is 2.32. The minimum atomic E-state index is -3.09. The van der Waals surface area contributed by atoms with Crippen LogP contribution in [0.1, 0.15) is 29.8 Å². The van der Waals surface area contributed by atoms with E-state index in [4.69, 9.17) is 4.74 Å². The van der Waals surface area contributed by atoms with Gasteiger partial charge in [0.1, 0.15) is 12.3 Å². The monoisotopic (exact) mass is 459 g/mol. The molecule has 1 aliphatic heterocycles. The maximum Gasteiger partial charge on any atom is 0.296 e. The van der Waals surface area contributed by atoms with Crippen molar-refractivity contribution < 1.29 is 18.3 Å². The number of nitrogens with one attached hydrogen (secondary N) is 2. The van der Waals surface area contributed by atoms with Crippen molar-refractivity contribution in [3.05, 3.63) is 57.5 Å². The summed E-state index contributed by atoms with van der Waals surface area (Å²) in [5, 5.41) is 12.4. The average Bonchev–Trinajstić information content (AvgIpc) is 2.81. The quantitative estimate of drug-likeness (QED) is 0.560. The minimum Gasteiger partial charge on any atom is -0.378 e. The van der Waals surface area contributed by atoms with Gasteiger partial charge in [-0.3, -0.25) is 4.79 Å². The number of aromatic amines is 1. The topological polar surface area (TPSA) is 92.4 Å². The van der Waals surface area contributed by atoms with Crippen molar-refractivity contribution in [3.8, 4) is 0 Å². The summed E-state index contributed by atoms with van der Waals surface area (Å²) in [5.74, 6) is -2.63. The molecule has 0 spiro atoms. The Morgan fingerprint density at radius 1 is 1.27 bits per heavy atom. The number of aromatic nitrogens is 3. The first-order valence-corrected chi connectivity index (χ1v) is 10.8. The highest BCUT2D eigenvalue weighted by Gasteiger charge is 2.32. The zero-order valence-electron chi connectivity index (χ0n) is 18.8. The first-order valence-electron chi connectivity index (χ1n) is 10.8. The van der Waals surface area contributed by atoms with E-state index in [0.717, 1.165) is 0 Å². The van der Waals surface area contributed by atoms with E-state index in [1.54, 1.807) is 25.1 Å². The van der Waals surface area contributed by atoms with Crippen LogP contribution in [0.3, 0.4) is 0 Å². The van der Waals surface area contributed by atoms with Gasteiger partial charge in [0.15, 0.2) is 5.82 Å². The van der Waals surface area contributed by atoms with Crippen LogP contribution < -0.4 is 15.8 Å². The summed E-state index contributed by atoms with van der Waals surface area (Å²) in [7, 11) is 1.25. The number of hydrogen-bond donors (Lipinski definition) is 2. The van der Waals surface area contributed by atoms with Gasteiger partial charge < -0.3 is 24.7 Å². The van der Waals surface area contributed by atoms with E-state index >= 15 is 0 Å². The van der Waals surface area contributed by atoms with E-state index in [1.165, 1.54) is 19.2 Å². The number of halogens is 2. The fraction of sp³-hybridized carbons (Fsp3) is 0.435. The smallest absolute Gasteiger partial charge is 0.296 e. The summed E-state index contributed by atoms with van der Waals surface area (Å²) < 4.78 is 38.7. The summed E-state index contributed by atoms with van der Waals surface area (Å²) >= 11 is 0. The fourth-order valence-corrected chi connectivity index (χ4v) is 3.95. The molecule has 0 unspecified atom stereocenters. The van der Waals surface area contributed by atoms with Crippen LogP contribution in [0.15, 0.2) is 35.1 Å². The number of pyridine rings is 1. The summed E-state index contributed by atoms with van der Waals surface area (Å²) in [4.78, 5) is 17.6. The van der Waals surface area contributed by atoms with Gasteiger partial charge in [0.25, 0.3) is 11.5 Å².